The maximum absolute atomic E-state index is 12.0. The molecule has 4 heteroatoms. The van der Waals surface area contributed by atoms with Crippen LogP contribution in [0.5, 0.6) is 5.75 Å². The molecule has 0 aliphatic carbocycles. The Kier molecular flexibility index (Phi) is 4.79. The number of benzene rings is 1. The van der Waals surface area contributed by atoms with Gasteiger partial charge in [0.15, 0.2) is 0 Å². The van der Waals surface area contributed by atoms with Gasteiger partial charge in [-0.1, -0.05) is 12.1 Å². The lowest BCUT2D eigenvalue weighted by molar-refractivity contribution is 0.0795. The van der Waals surface area contributed by atoms with Gasteiger partial charge in [-0.25, -0.2) is 0 Å². The number of likely N-dealkylation sites (N-methyl/N-ethyl adjacent to an activating group) is 1. The molecule has 0 spiro atoms. The molecule has 0 atom stereocenters. The Bertz CT molecular complexity index is 353. The van der Waals surface area contributed by atoms with Crippen molar-refractivity contribution in [3.8, 4) is 5.75 Å². The van der Waals surface area contributed by atoms with E-state index in [0.29, 0.717) is 31.0 Å². The number of hydrogen-bond donors (Lipinski definition) is 1. The maximum Gasteiger partial charge on any atom is 0.257 e. The number of nitrogens with two attached hydrogens (primary N) is 1. The molecule has 16 heavy (non-hydrogen) atoms. The number of ether oxygens (including phenoxy) is 1. The van der Waals surface area contributed by atoms with E-state index in [2.05, 4.69) is 0 Å². The number of amides is 1. The molecule has 0 heterocycles. The fraction of sp³-hybridized carbons (Fsp3) is 0.417. The van der Waals surface area contributed by atoms with Gasteiger partial charge in [-0.15, -0.1) is 0 Å². The van der Waals surface area contributed by atoms with Crippen molar-refractivity contribution in [1.82, 2.24) is 4.90 Å². The molecule has 1 aromatic rings. The van der Waals surface area contributed by atoms with Gasteiger partial charge in [-0.2, -0.15) is 0 Å². The highest BCUT2D eigenvalue weighted by molar-refractivity contribution is 5.96. The van der Waals surface area contributed by atoms with Crippen LogP contribution in [0.1, 0.15) is 17.3 Å². The third kappa shape index (κ3) is 2.97. The molecule has 0 fully saturated rings. The fourth-order valence-corrected chi connectivity index (χ4v) is 1.43. The molecule has 2 N–H and O–H groups in total. The summed E-state index contributed by atoms with van der Waals surface area (Å²) in [7, 11) is 1.73. The monoisotopic (exact) mass is 222 g/mol. The van der Waals surface area contributed by atoms with Crippen molar-refractivity contribution in [3.63, 3.8) is 0 Å². The third-order valence-electron chi connectivity index (χ3n) is 2.23. The molecule has 0 saturated heterocycles. The van der Waals surface area contributed by atoms with E-state index >= 15 is 0 Å². The minimum atomic E-state index is -0.0606. The van der Waals surface area contributed by atoms with Gasteiger partial charge < -0.3 is 15.4 Å². The Labute approximate surface area is 96.0 Å². The minimum absolute atomic E-state index is 0.0606. The number of carbonyl (C=O) groups excluding carboxylic acids is 1. The number of carbonyl (C=O) groups is 1. The van der Waals surface area contributed by atoms with Crippen LogP contribution in [-0.2, 0) is 0 Å². The van der Waals surface area contributed by atoms with Crippen molar-refractivity contribution in [2.24, 2.45) is 5.73 Å². The summed E-state index contributed by atoms with van der Waals surface area (Å²) >= 11 is 0. The molecule has 0 aliphatic heterocycles. The van der Waals surface area contributed by atoms with Gasteiger partial charge in [-0.3, -0.25) is 4.79 Å². The third-order valence-corrected chi connectivity index (χ3v) is 2.23. The molecule has 88 valence electrons. The van der Waals surface area contributed by atoms with Crippen LogP contribution in [0.3, 0.4) is 0 Å². The zero-order valence-corrected chi connectivity index (χ0v) is 9.77. The summed E-state index contributed by atoms with van der Waals surface area (Å²) in [6.45, 7) is 3.44. The number of hydrogen-bond acceptors (Lipinski definition) is 3. The number of rotatable bonds is 5. The van der Waals surface area contributed by atoms with E-state index in [1.807, 2.05) is 19.1 Å². The summed E-state index contributed by atoms with van der Waals surface area (Å²) in [5, 5.41) is 0. The van der Waals surface area contributed by atoms with Crippen LogP contribution in [-0.4, -0.2) is 37.6 Å². The molecule has 1 rings (SSSR count). The summed E-state index contributed by atoms with van der Waals surface area (Å²) in [4.78, 5) is 13.6. The summed E-state index contributed by atoms with van der Waals surface area (Å²) in [5.41, 5.74) is 6.00. The van der Waals surface area contributed by atoms with E-state index in [-0.39, 0.29) is 5.91 Å². The van der Waals surface area contributed by atoms with Gasteiger partial charge in [-0.05, 0) is 19.1 Å². The molecule has 0 aliphatic rings. The van der Waals surface area contributed by atoms with Crippen LogP contribution >= 0.6 is 0 Å². The quantitative estimate of drug-likeness (QED) is 0.812. The first kappa shape index (κ1) is 12.5. The van der Waals surface area contributed by atoms with Crippen LogP contribution in [0.25, 0.3) is 0 Å². The first-order chi connectivity index (χ1) is 7.70. The Morgan fingerprint density at radius 2 is 2.12 bits per heavy atom. The first-order valence-electron chi connectivity index (χ1n) is 5.38. The van der Waals surface area contributed by atoms with Crippen molar-refractivity contribution >= 4 is 5.91 Å². The molecular weight excluding hydrogens is 204 g/mol. The van der Waals surface area contributed by atoms with Crippen LogP contribution in [0.4, 0.5) is 0 Å². The number of nitrogens with zero attached hydrogens (tertiary/aromatic N) is 1. The van der Waals surface area contributed by atoms with Gasteiger partial charge in [0.1, 0.15) is 5.75 Å². The standard InChI is InChI=1S/C12H18N2O2/c1-3-16-11-7-5-4-6-10(11)12(15)14(2)9-8-13/h4-7H,3,8-9,13H2,1-2H3. The lowest BCUT2D eigenvalue weighted by atomic mass is 10.2. The second-order valence-electron chi connectivity index (χ2n) is 3.44. The minimum Gasteiger partial charge on any atom is -0.493 e. The predicted octanol–water partition coefficient (Wildman–Crippen LogP) is 1.12. The Morgan fingerprint density at radius 1 is 1.44 bits per heavy atom. The molecule has 1 aromatic carbocycles. The number of para-hydroxylation sites is 1. The Hall–Kier alpha value is -1.55. The van der Waals surface area contributed by atoms with Crippen molar-refractivity contribution in [2.45, 2.75) is 6.92 Å². The van der Waals surface area contributed by atoms with Crippen LogP contribution in [0.15, 0.2) is 24.3 Å². The zero-order valence-electron chi connectivity index (χ0n) is 9.77. The van der Waals surface area contributed by atoms with Crippen LogP contribution in [0, 0.1) is 0 Å². The van der Waals surface area contributed by atoms with Crippen molar-refractivity contribution in [1.29, 1.82) is 0 Å². The van der Waals surface area contributed by atoms with E-state index in [1.165, 1.54) is 0 Å². The van der Waals surface area contributed by atoms with E-state index < -0.39 is 0 Å². The van der Waals surface area contributed by atoms with Crippen molar-refractivity contribution < 1.29 is 9.53 Å². The summed E-state index contributed by atoms with van der Waals surface area (Å²) < 4.78 is 5.41. The highest BCUT2D eigenvalue weighted by Gasteiger charge is 2.15. The molecule has 0 radical (unpaired) electrons. The second kappa shape index (κ2) is 6.12. The molecule has 0 bridgehead atoms. The lowest BCUT2D eigenvalue weighted by Gasteiger charge is -2.17. The average molecular weight is 222 g/mol. The van der Waals surface area contributed by atoms with Gasteiger partial charge in [0.05, 0.1) is 12.2 Å². The Morgan fingerprint density at radius 3 is 2.75 bits per heavy atom. The normalized spacial score (nSPS) is 9.94. The zero-order chi connectivity index (χ0) is 12.0. The van der Waals surface area contributed by atoms with Gasteiger partial charge >= 0.3 is 0 Å². The van der Waals surface area contributed by atoms with E-state index in [0.717, 1.165) is 0 Å². The average Bonchev–Trinajstić information content (AvgIpc) is 2.29. The lowest BCUT2D eigenvalue weighted by Crippen LogP contribution is -2.31. The summed E-state index contributed by atoms with van der Waals surface area (Å²) in [6, 6.07) is 7.24. The Balaban J connectivity index is 2.89. The largest absolute Gasteiger partial charge is 0.493 e. The fourth-order valence-electron chi connectivity index (χ4n) is 1.43. The second-order valence-corrected chi connectivity index (χ2v) is 3.44. The molecule has 1 amide bonds. The summed E-state index contributed by atoms with van der Waals surface area (Å²) in [5.74, 6) is 0.563. The van der Waals surface area contributed by atoms with Crippen molar-refractivity contribution in [3.05, 3.63) is 29.8 Å². The smallest absolute Gasteiger partial charge is 0.257 e. The predicted molar refractivity (Wildman–Crippen MR) is 63.6 cm³/mol. The molecule has 0 unspecified atom stereocenters. The topological polar surface area (TPSA) is 55.6 Å². The maximum atomic E-state index is 12.0. The van der Waals surface area contributed by atoms with E-state index in [4.69, 9.17) is 10.5 Å². The molecule has 4 nitrogen and oxygen atoms in total. The highest BCUT2D eigenvalue weighted by atomic mass is 16.5. The summed E-state index contributed by atoms with van der Waals surface area (Å²) in [6.07, 6.45) is 0. The van der Waals surface area contributed by atoms with Crippen LogP contribution in [0.2, 0.25) is 0 Å². The molecular formula is C12H18N2O2. The van der Waals surface area contributed by atoms with Gasteiger partial charge in [0.2, 0.25) is 0 Å². The SMILES string of the molecule is CCOc1ccccc1C(=O)N(C)CCN. The first-order valence-corrected chi connectivity index (χ1v) is 5.38. The van der Waals surface area contributed by atoms with E-state index in [1.54, 1.807) is 24.1 Å². The van der Waals surface area contributed by atoms with Gasteiger partial charge in [0, 0.05) is 20.1 Å². The molecule has 0 aromatic heterocycles. The van der Waals surface area contributed by atoms with Crippen LogP contribution < -0.4 is 10.5 Å². The van der Waals surface area contributed by atoms with Crippen molar-refractivity contribution in [2.75, 3.05) is 26.7 Å². The van der Waals surface area contributed by atoms with E-state index in [9.17, 15) is 4.79 Å². The highest BCUT2D eigenvalue weighted by Crippen LogP contribution is 2.19. The molecule has 0 saturated carbocycles. The van der Waals surface area contributed by atoms with Gasteiger partial charge in [0.25, 0.3) is 5.91 Å².